The second kappa shape index (κ2) is 7.60. The van der Waals surface area contributed by atoms with Crippen molar-refractivity contribution in [1.82, 2.24) is 5.32 Å². The van der Waals surface area contributed by atoms with E-state index < -0.39 is 0 Å². The van der Waals surface area contributed by atoms with E-state index >= 15 is 0 Å². The summed E-state index contributed by atoms with van der Waals surface area (Å²) < 4.78 is 6.40. The van der Waals surface area contributed by atoms with E-state index in [1.165, 1.54) is 6.08 Å². The Kier molecular flexibility index (Phi) is 5.01. The summed E-state index contributed by atoms with van der Waals surface area (Å²) in [5.74, 6) is 0.505. The van der Waals surface area contributed by atoms with Gasteiger partial charge in [-0.2, -0.15) is 0 Å². The summed E-state index contributed by atoms with van der Waals surface area (Å²) in [7, 11) is 0. The van der Waals surface area contributed by atoms with Crippen molar-refractivity contribution in [3.8, 4) is 0 Å². The van der Waals surface area contributed by atoms with Crippen LogP contribution in [0.2, 0.25) is 0 Å². The van der Waals surface area contributed by atoms with Crippen LogP contribution in [0.15, 0.2) is 81.2 Å². The fraction of sp³-hybridized carbons (Fsp3) is 0.130. The number of halogens is 1. The average Bonchev–Trinajstić information content (AvgIpc) is 3.11. The molecule has 1 amide bonds. The zero-order chi connectivity index (χ0) is 19.7. The van der Waals surface area contributed by atoms with Crippen molar-refractivity contribution in [3.63, 3.8) is 0 Å². The molecule has 2 aliphatic rings. The first-order chi connectivity index (χ1) is 13.5. The third-order valence-electron chi connectivity index (χ3n) is 4.81. The van der Waals surface area contributed by atoms with Gasteiger partial charge in [0.2, 0.25) is 0 Å². The number of furan rings is 1. The molecule has 0 saturated heterocycles. The quantitative estimate of drug-likeness (QED) is 0.564. The van der Waals surface area contributed by atoms with Crippen LogP contribution in [0.1, 0.15) is 17.1 Å². The van der Waals surface area contributed by atoms with Crippen molar-refractivity contribution < 1.29 is 14.0 Å². The molecule has 2 heterocycles. The number of allylic oxidation sites excluding steroid dienone is 3. The van der Waals surface area contributed by atoms with Crippen LogP contribution in [0.5, 0.6) is 0 Å². The number of hydrogen-bond donors (Lipinski definition) is 1. The maximum Gasteiger partial charge on any atom is 0.256 e. The second-order valence-electron chi connectivity index (χ2n) is 6.74. The van der Waals surface area contributed by atoms with Crippen molar-refractivity contribution in [2.24, 2.45) is 5.92 Å². The highest BCUT2D eigenvalue weighted by Crippen LogP contribution is 2.38. The van der Waals surface area contributed by atoms with Gasteiger partial charge in [-0.3, -0.25) is 9.59 Å². The van der Waals surface area contributed by atoms with Crippen molar-refractivity contribution in [2.45, 2.75) is 13.0 Å². The van der Waals surface area contributed by atoms with Gasteiger partial charge in [-0.15, -0.1) is 0 Å². The zero-order valence-corrected chi connectivity index (χ0v) is 16.8. The minimum atomic E-state index is -0.360. The van der Waals surface area contributed by atoms with Crippen molar-refractivity contribution in [1.29, 1.82) is 0 Å². The van der Waals surface area contributed by atoms with Crippen LogP contribution in [0.25, 0.3) is 11.6 Å². The molecule has 1 aromatic carbocycles. The predicted octanol–water partition coefficient (Wildman–Crippen LogP) is 4.59. The maximum atomic E-state index is 13.0. The van der Waals surface area contributed by atoms with Crippen LogP contribution >= 0.6 is 15.9 Å². The first kappa shape index (κ1) is 18.4. The molecule has 2 unspecified atom stereocenters. The largest absolute Gasteiger partial charge is 0.462 e. The van der Waals surface area contributed by atoms with Gasteiger partial charge in [0, 0.05) is 10.4 Å². The van der Waals surface area contributed by atoms with Crippen LogP contribution in [0.4, 0.5) is 0 Å². The molecule has 1 aliphatic carbocycles. The summed E-state index contributed by atoms with van der Waals surface area (Å²) in [5.41, 5.74) is 1.77. The standard InChI is InChI=1S/C23H18BrNO3/c1-14-7-9-17(28-14)10-12-20(26)22-21(15-5-3-2-4-6-15)18-13-16(24)8-11-19(18)25-23(22)27/h2-13,18-19H,1H3,(H,25,27)/b12-10+. The summed E-state index contributed by atoms with van der Waals surface area (Å²) in [4.78, 5) is 25.9. The molecule has 1 aliphatic heterocycles. The molecule has 28 heavy (non-hydrogen) atoms. The van der Waals surface area contributed by atoms with Crippen LogP contribution in [0.3, 0.4) is 0 Å². The predicted molar refractivity (Wildman–Crippen MR) is 112 cm³/mol. The highest BCUT2D eigenvalue weighted by Gasteiger charge is 2.37. The monoisotopic (exact) mass is 435 g/mol. The molecule has 2 atom stereocenters. The van der Waals surface area contributed by atoms with E-state index in [4.69, 9.17) is 4.42 Å². The Morgan fingerprint density at radius 1 is 1.18 bits per heavy atom. The number of aryl methyl sites for hydroxylation is 1. The highest BCUT2D eigenvalue weighted by atomic mass is 79.9. The molecule has 1 N–H and O–H groups in total. The van der Waals surface area contributed by atoms with E-state index in [1.54, 1.807) is 12.1 Å². The lowest BCUT2D eigenvalue weighted by Gasteiger charge is -2.34. The summed E-state index contributed by atoms with van der Waals surface area (Å²) in [6.07, 6.45) is 8.87. The Balaban J connectivity index is 1.81. The van der Waals surface area contributed by atoms with Gasteiger partial charge in [0.15, 0.2) is 5.78 Å². The zero-order valence-electron chi connectivity index (χ0n) is 15.2. The van der Waals surface area contributed by atoms with Crippen molar-refractivity contribution in [3.05, 3.63) is 93.9 Å². The van der Waals surface area contributed by atoms with Crippen LogP contribution in [0, 0.1) is 12.8 Å². The van der Waals surface area contributed by atoms with Gasteiger partial charge in [0.1, 0.15) is 11.5 Å². The van der Waals surface area contributed by atoms with Gasteiger partial charge >= 0.3 is 0 Å². The van der Waals surface area contributed by atoms with Gasteiger partial charge in [-0.05, 0) is 42.3 Å². The van der Waals surface area contributed by atoms with Crippen molar-refractivity contribution in [2.75, 3.05) is 0 Å². The molecule has 5 heteroatoms. The molecule has 2 aromatic rings. The molecular formula is C23H18BrNO3. The lowest BCUT2D eigenvalue weighted by molar-refractivity contribution is -0.121. The number of ketones is 1. The van der Waals surface area contributed by atoms with Gasteiger partial charge < -0.3 is 9.73 Å². The summed E-state index contributed by atoms with van der Waals surface area (Å²) >= 11 is 3.51. The van der Waals surface area contributed by atoms with Crippen LogP contribution in [-0.2, 0) is 9.59 Å². The molecular weight excluding hydrogens is 418 g/mol. The normalized spacial score (nSPS) is 21.5. The van der Waals surface area contributed by atoms with E-state index in [1.807, 2.05) is 61.5 Å². The second-order valence-corrected chi connectivity index (χ2v) is 7.65. The lowest BCUT2D eigenvalue weighted by atomic mass is 9.77. The Hall–Kier alpha value is -2.92. The molecule has 140 valence electrons. The molecule has 0 saturated carbocycles. The van der Waals surface area contributed by atoms with Crippen LogP contribution in [-0.4, -0.2) is 17.7 Å². The van der Waals surface area contributed by atoms with E-state index in [-0.39, 0.29) is 29.2 Å². The Morgan fingerprint density at radius 3 is 2.68 bits per heavy atom. The number of nitrogens with one attached hydrogen (secondary N) is 1. The molecule has 0 spiro atoms. The number of rotatable bonds is 4. The van der Waals surface area contributed by atoms with Gasteiger partial charge in [0.25, 0.3) is 5.91 Å². The fourth-order valence-electron chi connectivity index (χ4n) is 3.54. The molecule has 4 rings (SSSR count). The number of hydrogen-bond acceptors (Lipinski definition) is 3. The van der Waals surface area contributed by atoms with Gasteiger partial charge in [-0.1, -0.05) is 64.5 Å². The maximum absolute atomic E-state index is 13.0. The van der Waals surface area contributed by atoms with E-state index in [2.05, 4.69) is 21.2 Å². The number of amides is 1. The summed E-state index contributed by atoms with van der Waals surface area (Å²) in [6.45, 7) is 1.84. The van der Waals surface area contributed by atoms with Crippen molar-refractivity contribution >= 4 is 39.3 Å². The minimum Gasteiger partial charge on any atom is -0.462 e. The third kappa shape index (κ3) is 3.58. The Morgan fingerprint density at radius 2 is 1.96 bits per heavy atom. The third-order valence-corrected chi connectivity index (χ3v) is 5.34. The molecule has 0 bridgehead atoms. The number of carbonyl (C=O) groups excluding carboxylic acids is 2. The van der Waals surface area contributed by atoms with E-state index in [0.717, 1.165) is 21.4 Å². The van der Waals surface area contributed by atoms with Gasteiger partial charge in [0.05, 0.1) is 11.6 Å². The molecule has 4 nitrogen and oxygen atoms in total. The Labute approximate surface area is 171 Å². The average molecular weight is 436 g/mol. The molecule has 0 radical (unpaired) electrons. The summed E-state index contributed by atoms with van der Waals surface area (Å²) in [6, 6.07) is 13.0. The van der Waals surface area contributed by atoms with Gasteiger partial charge in [-0.25, -0.2) is 0 Å². The molecule has 0 fully saturated rings. The van der Waals surface area contributed by atoms with E-state index in [0.29, 0.717) is 5.76 Å². The minimum absolute atomic E-state index is 0.127. The number of fused-ring (bicyclic) bond motifs is 1. The van der Waals surface area contributed by atoms with Crippen LogP contribution < -0.4 is 5.32 Å². The van der Waals surface area contributed by atoms with E-state index in [9.17, 15) is 9.59 Å². The first-order valence-electron chi connectivity index (χ1n) is 8.98. The topological polar surface area (TPSA) is 59.3 Å². The Bertz CT molecular complexity index is 1060. The molecule has 1 aromatic heterocycles. The highest BCUT2D eigenvalue weighted by molar-refractivity contribution is 9.11. The fourth-order valence-corrected chi connectivity index (χ4v) is 3.98. The number of carbonyl (C=O) groups is 2. The number of benzene rings is 1. The SMILES string of the molecule is Cc1ccc(/C=C/C(=O)C2=C(c3ccccc3)C3C=C(Br)C=CC3NC2=O)o1. The summed E-state index contributed by atoms with van der Waals surface area (Å²) in [5, 5.41) is 2.94. The first-order valence-corrected chi connectivity index (χ1v) is 9.77. The smallest absolute Gasteiger partial charge is 0.256 e. The lowest BCUT2D eigenvalue weighted by Crippen LogP contribution is -2.46.